The van der Waals surface area contributed by atoms with Crippen molar-refractivity contribution in [3.8, 4) is 5.69 Å². The van der Waals surface area contributed by atoms with E-state index >= 15 is 0 Å². The van der Waals surface area contributed by atoms with E-state index in [9.17, 15) is 53.5 Å². The zero-order chi connectivity index (χ0) is 25.7. The lowest BCUT2D eigenvalue weighted by molar-refractivity contribution is -0.255. The van der Waals surface area contributed by atoms with Crippen molar-refractivity contribution in [2.45, 2.75) is 18.4 Å². The highest BCUT2D eigenvalue weighted by Gasteiger charge is 2.57. The van der Waals surface area contributed by atoms with E-state index in [-0.39, 0.29) is 22.9 Å². The third kappa shape index (κ3) is 4.64. The van der Waals surface area contributed by atoms with Gasteiger partial charge in [0.25, 0.3) is 5.91 Å². The lowest BCUT2D eigenvalue weighted by Crippen LogP contribution is -2.55. The summed E-state index contributed by atoms with van der Waals surface area (Å²) < 4.78 is 133. The Hall–Kier alpha value is -3.36. The maximum Gasteiger partial charge on any atom is 0.417 e. The molecule has 0 aliphatic heterocycles. The molecule has 182 valence electrons. The van der Waals surface area contributed by atoms with E-state index in [0.717, 1.165) is 0 Å². The molecule has 0 unspecified atom stereocenters. The van der Waals surface area contributed by atoms with Gasteiger partial charge in [-0.05, 0) is 6.07 Å². The molecule has 0 saturated carbocycles. The molecule has 0 bridgehead atoms. The van der Waals surface area contributed by atoms with Crippen LogP contribution in [0.2, 0.25) is 5.15 Å². The number of fused-ring (bicyclic) bond motifs is 1. The molecule has 1 aromatic carbocycles. The standard InChI is InChI=1S/C18H6ClF10N3O2/c19-13-10(23)3-6-12(33)7(15(34)31-16(17(24,25)26)18(27,28)29)4-32(14(6)30-13)11-8(21)1-5(20)2-9(11)22/h1-4,16H,(H,31,34). The minimum absolute atomic E-state index is 0.135. The van der Waals surface area contributed by atoms with Gasteiger partial charge in [0.2, 0.25) is 11.5 Å². The van der Waals surface area contributed by atoms with Gasteiger partial charge in [0.1, 0.15) is 17.1 Å². The number of carbonyl (C=O) groups excluding carboxylic acids is 1. The largest absolute Gasteiger partial charge is 0.417 e. The van der Waals surface area contributed by atoms with Crippen molar-refractivity contribution < 1.29 is 48.7 Å². The predicted molar refractivity (Wildman–Crippen MR) is 95.5 cm³/mol. The number of nitrogens with one attached hydrogen (secondary N) is 1. The van der Waals surface area contributed by atoms with Crippen LogP contribution in [-0.2, 0) is 0 Å². The van der Waals surface area contributed by atoms with Crippen LogP contribution < -0.4 is 10.7 Å². The highest BCUT2D eigenvalue weighted by Crippen LogP contribution is 2.33. The van der Waals surface area contributed by atoms with Crippen LogP contribution in [0.25, 0.3) is 16.7 Å². The molecule has 0 atom stereocenters. The molecule has 3 aromatic rings. The zero-order valence-electron chi connectivity index (χ0n) is 15.8. The first-order chi connectivity index (χ1) is 15.5. The molecule has 0 fully saturated rings. The van der Waals surface area contributed by atoms with Crippen molar-refractivity contribution in [3.05, 3.63) is 68.6 Å². The first-order valence-corrected chi connectivity index (χ1v) is 8.90. The van der Waals surface area contributed by atoms with E-state index in [2.05, 4.69) is 4.98 Å². The normalized spacial score (nSPS) is 12.5. The topological polar surface area (TPSA) is 64.0 Å². The highest BCUT2D eigenvalue weighted by atomic mass is 35.5. The number of nitrogens with zero attached hydrogens (tertiary/aromatic N) is 2. The molecule has 0 aliphatic carbocycles. The Morgan fingerprint density at radius 2 is 1.47 bits per heavy atom. The van der Waals surface area contributed by atoms with Crippen molar-refractivity contribution in [1.29, 1.82) is 0 Å². The molecule has 34 heavy (non-hydrogen) atoms. The molecule has 5 nitrogen and oxygen atoms in total. The monoisotopic (exact) mass is 521 g/mol. The van der Waals surface area contributed by atoms with Gasteiger partial charge in [0, 0.05) is 18.3 Å². The molecule has 1 amide bonds. The summed E-state index contributed by atoms with van der Waals surface area (Å²) in [5.74, 6) is -8.46. The van der Waals surface area contributed by atoms with E-state index in [1.807, 2.05) is 0 Å². The molecule has 0 spiro atoms. The van der Waals surface area contributed by atoms with Crippen LogP contribution in [0.3, 0.4) is 0 Å². The van der Waals surface area contributed by atoms with Crippen molar-refractivity contribution >= 4 is 28.5 Å². The number of rotatable bonds is 3. The minimum atomic E-state index is -6.04. The number of aromatic nitrogens is 2. The van der Waals surface area contributed by atoms with Gasteiger partial charge in [0.05, 0.1) is 5.39 Å². The second kappa shape index (κ2) is 8.45. The first-order valence-electron chi connectivity index (χ1n) is 8.53. The summed E-state index contributed by atoms with van der Waals surface area (Å²) in [6.07, 6.45) is -11.9. The van der Waals surface area contributed by atoms with Crippen LogP contribution in [0.5, 0.6) is 0 Å². The second-order valence-electron chi connectivity index (χ2n) is 6.58. The Balaban J connectivity index is 2.33. The molecule has 16 heteroatoms. The molecular formula is C18H6ClF10N3O2. The van der Waals surface area contributed by atoms with Crippen molar-refractivity contribution in [2.24, 2.45) is 0 Å². The van der Waals surface area contributed by atoms with E-state index < -0.39 is 80.4 Å². The van der Waals surface area contributed by atoms with Gasteiger partial charge in [0.15, 0.2) is 28.3 Å². The molecule has 0 aliphatic rings. The fourth-order valence-corrected chi connectivity index (χ4v) is 2.99. The van der Waals surface area contributed by atoms with Crippen LogP contribution in [0.1, 0.15) is 10.4 Å². The summed E-state index contributed by atoms with van der Waals surface area (Å²) in [4.78, 5) is 28.2. The van der Waals surface area contributed by atoms with Gasteiger partial charge in [-0.15, -0.1) is 0 Å². The van der Waals surface area contributed by atoms with Gasteiger partial charge in [-0.25, -0.2) is 22.5 Å². The average molecular weight is 522 g/mol. The Bertz CT molecular complexity index is 1330. The van der Waals surface area contributed by atoms with Crippen molar-refractivity contribution in [2.75, 3.05) is 0 Å². The van der Waals surface area contributed by atoms with E-state index in [1.54, 1.807) is 0 Å². The lowest BCUT2D eigenvalue weighted by Gasteiger charge is -2.24. The Kier molecular flexibility index (Phi) is 6.28. The van der Waals surface area contributed by atoms with Crippen LogP contribution in [-0.4, -0.2) is 33.9 Å². The fourth-order valence-electron chi connectivity index (χ4n) is 2.86. The number of benzene rings is 1. The lowest BCUT2D eigenvalue weighted by atomic mass is 10.1. The summed E-state index contributed by atoms with van der Waals surface area (Å²) in [7, 11) is 0. The summed E-state index contributed by atoms with van der Waals surface area (Å²) >= 11 is 5.50. The number of hydrogen-bond donors (Lipinski definition) is 1. The highest BCUT2D eigenvalue weighted by molar-refractivity contribution is 6.29. The Morgan fingerprint density at radius 1 is 0.941 bits per heavy atom. The average Bonchev–Trinajstić information content (AvgIpc) is 2.66. The van der Waals surface area contributed by atoms with Gasteiger partial charge in [-0.2, -0.15) is 26.3 Å². The molecule has 1 N–H and O–H groups in total. The van der Waals surface area contributed by atoms with Crippen LogP contribution in [0.4, 0.5) is 43.9 Å². The summed E-state index contributed by atoms with van der Waals surface area (Å²) in [5, 5.41) is -1.37. The number of hydrogen-bond acceptors (Lipinski definition) is 3. The van der Waals surface area contributed by atoms with E-state index in [4.69, 9.17) is 11.6 Å². The minimum Gasteiger partial charge on any atom is -0.333 e. The van der Waals surface area contributed by atoms with Gasteiger partial charge < -0.3 is 5.32 Å². The van der Waals surface area contributed by atoms with E-state index in [0.29, 0.717) is 11.4 Å². The molecule has 2 aromatic heterocycles. The predicted octanol–water partition coefficient (Wildman–Crippen LogP) is 4.82. The third-order valence-corrected chi connectivity index (χ3v) is 4.55. The number of alkyl halides is 6. The quantitative estimate of drug-likeness (QED) is 0.397. The molecule has 0 saturated heterocycles. The van der Waals surface area contributed by atoms with Crippen molar-refractivity contribution in [1.82, 2.24) is 14.9 Å². The molecule has 2 heterocycles. The summed E-state index contributed by atoms with van der Waals surface area (Å²) in [5.41, 5.74) is -5.24. The zero-order valence-corrected chi connectivity index (χ0v) is 16.5. The number of amides is 1. The van der Waals surface area contributed by atoms with Crippen molar-refractivity contribution in [3.63, 3.8) is 0 Å². The smallest absolute Gasteiger partial charge is 0.333 e. The second-order valence-corrected chi connectivity index (χ2v) is 6.94. The maximum atomic E-state index is 14.3. The van der Waals surface area contributed by atoms with Gasteiger partial charge in [-0.3, -0.25) is 14.2 Å². The SMILES string of the molecule is O=C(NC(C(F)(F)F)C(F)(F)F)c1cn(-c2c(F)cc(F)cc2F)c2nc(Cl)c(F)cc2c1=O. The molecule has 3 rings (SSSR count). The van der Waals surface area contributed by atoms with Crippen LogP contribution in [0.15, 0.2) is 29.2 Å². The number of carbonyl (C=O) groups is 1. The Morgan fingerprint density at radius 3 is 1.97 bits per heavy atom. The molecule has 0 radical (unpaired) electrons. The third-order valence-electron chi connectivity index (χ3n) is 4.29. The van der Waals surface area contributed by atoms with Crippen LogP contribution in [0, 0.1) is 23.3 Å². The maximum absolute atomic E-state index is 14.3. The number of pyridine rings is 2. The fraction of sp³-hybridized carbons (Fsp3) is 0.167. The number of halogens is 11. The molecular weight excluding hydrogens is 516 g/mol. The van der Waals surface area contributed by atoms with Gasteiger partial charge in [-0.1, -0.05) is 11.6 Å². The first kappa shape index (κ1) is 25.3. The summed E-state index contributed by atoms with van der Waals surface area (Å²) in [6, 6.07) is -3.85. The summed E-state index contributed by atoms with van der Waals surface area (Å²) in [6.45, 7) is 0. The van der Waals surface area contributed by atoms with Crippen LogP contribution >= 0.6 is 11.6 Å². The Labute approximate surface area is 185 Å². The van der Waals surface area contributed by atoms with Gasteiger partial charge >= 0.3 is 12.4 Å². The van der Waals surface area contributed by atoms with E-state index in [1.165, 1.54) is 0 Å².